The van der Waals surface area contributed by atoms with E-state index in [0.717, 1.165) is 37.8 Å². The lowest BCUT2D eigenvalue weighted by molar-refractivity contribution is 0.0905. The van der Waals surface area contributed by atoms with Gasteiger partial charge in [-0.15, -0.1) is 0 Å². The van der Waals surface area contributed by atoms with Gasteiger partial charge in [-0.25, -0.2) is 8.78 Å². The SMILES string of the molecule is NCC1(CNC(=O)c2c(F)cccc2F)CCCCC1. The van der Waals surface area contributed by atoms with Crippen molar-refractivity contribution in [2.45, 2.75) is 32.1 Å². The molecule has 1 aromatic rings. The third kappa shape index (κ3) is 3.15. The Morgan fingerprint density at radius 2 is 1.80 bits per heavy atom. The van der Waals surface area contributed by atoms with Crippen molar-refractivity contribution in [1.29, 1.82) is 0 Å². The third-order valence-corrected chi connectivity index (χ3v) is 4.16. The molecule has 1 aromatic carbocycles. The summed E-state index contributed by atoms with van der Waals surface area (Å²) in [6.45, 7) is 0.850. The monoisotopic (exact) mass is 282 g/mol. The van der Waals surface area contributed by atoms with Crippen molar-refractivity contribution in [3.05, 3.63) is 35.4 Å². The Morgan fingerprint density at radius 1 is 1.20 bits per heavy atom. The topological polar surface area (TPSA) is 55.1 Å². The van der Waals surface area contributed by atoms with Crippen LogP contribution in [-0.2, 0) is 0 Å². The van der Waals surface area contributed by atoms with Crippen LogP contribution in [0, 0.1) is 17.0 Å². The van der Waals surface area contributed by atoms with Gasteiger partial charge in [0, 0.05) is 6.54 Å². The molecule has 20 heavy (non-hydrogen) atoms. The number of nitrogens with two attached hydrogens (primary N) is 1. The molecule has 0 bridgehead atoms. The molecule has 1 aliphatic rings. The molecule has 110 valence electrons. The van der Waals surface area contributed by atoms with E-state index in [0.29, 0.717) is 13.1 Å². The van der Waals surface area contributed by atoms with E-state index in [9.17, 15) is 13.6 Å². The zero-order valence-corrected chi connectivity index (χ0v) is 11.4. The first-order valence-electron chi connectivity index (χ1n) is 7.00. The first-order chi connectivity index (χ1) is 9.58. The fourth-order valence-electron chi connectivity index (χ4n) is 2.83. The van der Waals surface area contributed by atoms with E-state index in [4.69, 9.17) is 5.73 Å². The maximum absolute atomic E-state index is 13.5. The van der Waals surface area contributed by atoms with Gasteiger partial charge in [-0.1, -0.05) is 25.3 Å². The number of halogens is 2. The van der Waals surface area contributed by atoms with Crippen LogP contribution >= 0.6 is 0 Å². The van der Waals surface area contributed by atoms with E-state index >= 15 is 0 Å². The molecule has 0 spiro atoms. The molecule has 1 amide bonds. The van der Waals surface area contributed by atoms with Crippen LogP contribution < -0.4 is 11.1 Å². The minimum absolute atomic E-state index is 0.129. The molecule has 3 N–H and O–H groups in total. The van der Waals surface area contributed by atoms with E-state index in [-0.39, 0.29) is 5.41 Å². The fourth-order valence-corrected chi connectivity index (χ4v) is 2.83. The van der Waals surface area contributed by atoms with Gasteiger partial charge in [0.05, 0.1) is 0 Å². The van der Waals surface area contributed by atoms with Gasteiger partial charge in [0.25, 0.3) is 5.91 Å². The van der Waals surface area contributed by atoms with Crippen molar-refractivity contribution in [3.63, 3.8) is 0 Å². The van der Waals surface area contributed by atoms with Crippen molar-refractivity contribution in [2.24, 2.45) is 11.1 Å². The quantitative estimate of drug-likeness (QED) is 0.892. The Balaban J connectivity index is 2.04. The highest BCUT2D eigenvalue weighted by molar-refractivity contribution is 5.94. The highest BCUT2D eigenvalue weighted by Gasteiger charge is 2.31. The van der Waals surface area contributed by atoms with Crippen LogP contribution in [0.4, 0.5) is 8.78 Å². The zero-order chi connectivity index (χ0) is 14.6. The minimum Gasteiger partial charge on any atom is -0.351 e. The van der Waals surface area contributed by atoms with Gasteiger partial charge in [-0.2, -0.15) is 0 Å². The summed E-state index contributed by atoms with van der Waals surface area (Å²) >= 11 is 0. The molecular formula is C15H20F2N2O. The largest absolute Gasteiger partial charge is 0.351 e. The summed E-state index contributed by atoms with van der Waals surface area (Å²) in [5.41, 5.74) is 5.18. The molecule has 1 saturated carbocycles. The van der Waals surface area contributed by atoms with Gasteiger partial charge < -0.3 is 11.1 Å². The number of benzene rings is 1. The molecule has 0 radical (unpaired) electrons. The third-order valence-electron chi connectivity index (χ3n) is 4.16. The van der Waals surface area contributed by atoms with Crippen molar-refractivity contribution < 1.29 is 13.6 Å². The molecular weight excluding hydrogens is 262 g/mol. The zero-order valence-electron chi connectivity index (χ0n) is 11.4. The van der Waals surface area contributed by atoms with Crippen LogP contribution in [-0.4, -0.2) is 19.0 Å². The highest BCUT2D eigenvalue weighted by atomic mass is 19.1. The average molecular weight is 282 g/mol. The van der Waals surface area contributed by atoms with Gasteiger partial charge in [0.2, 0.25) is 0 Å². The maximum Gasteiger partial charge on any atom is 0.257 e. The Labute approximate surface area is 117 Å². The molecule has 0 atom stereocenters. The number of hydrogen-bond acceptors (Lipinski definition) is 2. The number of rotatable bonds is 4. The number of nitrogens with one attached hydrogen (secondary N) is 1. The van der Waals surface area contributed by atoms with E-state index in [2.05, 4.69) is 5.32 Å². The van der Waals surface area contributed by atoms with Crippen molar-refractivity contribution in [3.8, 4) is 0 Å². The first kappa shape index (κ1) is 14.9. The summed E-state index contributed by atoms with van der Waals surface area (Å²) in [5.74, 6) is -2.39. The predicted molar refractivity (Wildman–Crippen MR) is 73.3 cm³/mol. The van der Waals surface area contributed by atoms with Gasteiger partial charge >= 0.3 is 0 Å². The molecule has 1 fully saturated rings. The number of carbonyl (C=O) groups excluding carboxylic acids is 1. The smallest absolute Gasteiger partial charge is 0.257 e. The molecule has 1 aliphatic carbocycles. The van der Waals surface area contributed by atoms with Gasteiger partial charge in [-0.3, -0.25) is 4.79 Å². The van der Waals surface area contributed by atoms with Crippen LogP contribution in [0.15, 0.2) is 18.2 Å². The molecule has 0 saturated heterocycles. The lowest BCUT2D eigenvalue weighted by atomic mass is 9.74. The maximum atomic E-state index is 13.5. The standard InChI is InChI=1S/C15H20F2N2O/c16-11-5-4-6-12(17)13(11)14(20)19-10-15(9-18)7-2-1-3-8-15/h4-6H,1-3,7-10,18H2,(H,19,20). The van der Waals surface area contributed by atoms with Crippen LogP contribution in [0.1, 0.15) is 42.5 Å². The number of amides is 1. The first-order valence-corrected chi connectivity index (χ1v) is 7.00. The van der Waals surface area contributed by atoms with Gasteiger partial charge in [0.15, 0.2) is 0 Å². The normalized spacial score (nSPS) is 17.8. The van der Waals surface area contributed by atoms with Crippen LogP contribution in [0.3, 0.4) is 0 Å². The van der Waals surface area contributed by atoms with Gasteiger partial charge in [-0.05, 0) is 36.9 Å². The summed E-state index contributed by atoms with van der Waals surface area (Å²) in [7, 11) is 0. The van der Waals surface area contributed by atoms with E-state index in [1.165, 1.54) is 12.5 Å². The molecule has 0 heterocycles. The number of carbonyl (C=O) groups is 1. The second-order valence-electron chi connectivity index (χ2n) is 5.54. The summed E-state index contributed by atoms with van der Waals surface area (Å²) in [6, 6.07) is 3.40. The van der Waals surface area contributed by atoms with Crippen molar-refractivity contribution in [1.82, 2.24) is 5.32 Å². The lowest BCUT2D eigenvalue weighted by Gasteiger charge is -2.36. The molecule has 0 unspecified atom stereocenters. The van der Waals surface area contributed by atoms with E-state index < -0.39 is 23.1 Å². The van der Waals surface area contributed by atoms with Crippen LogP contribution in [0.5, 0.6) is 0 Å². The Morgan fingerprint density at radius 3 is 2.35 bits per heavy atom. The summed E-state index contributed by atoms with van der Waals surface area (Å²) in [5, 5.41) is 2.64. The molecule has 2 rings (SSSR count). The molecule has 5 heteroatoms. The van der Waals surface area contributed by atoms with Crippen molar-refractivity contribution in [2.75, 3.05) is 13.1 Å². The predicted octanol–water partition coefficient (Wildman–Crippen LogP) is 2.60. The van der Waals surface area contributed by atoms with E-state index in [1.54, 1.807) is 0 Å². The Kier molecular flexibility index (Phi) is 4.70. The summed E-state index contributed by atoms with van der Waals surface area (Å²) in [6.07, 6.45) is 5.24. The summed E-state index contributed by atoms with van der Waals surface area (Å²) in [4.78, 5) is 12.0. The Hall–Kier alpha value is -1.49. The lowest BCUT2D eigenvalue weighted by Crippen LogP contribution is -2.44. The van der Waals surface area contributed by atoms with Gasteiger partial charge in [0.1, 0.15) is 17.2 Å². The second kappa shape index (κ2) is 6.31. The highest BCUT2D eigenvalue weighted by Crippen LogP contribution is 2.34. The Bertz CT molecular complexity index is 465. The number of hydrogen-bond donors (Lipinski definition) is 2. The molecule has 0 aliphatic heterocycles. The molecule has 0 aromatic heterocycles. The average Bonchev–Trinajstić information content (AvgIpc) is 2.46. The summed E-state index contributed by atoms with van der Waals surface area (Å²) < 4.78 is 27.0. The van der Waals surface area contributed by atoms with Crippen molar-refractivity contribution >= 4 is 5.91 Å². The van der Waals surface area contributed by atoms with Crippen LogP contribution in [0.2, 0.25) is 0 Å². The second-order valence-corrected chi connectivity index (χ2v) is 5.54. The minimum atomic E-state index is -0.840. The fraction of sp³-hybridized carbons (Fsp3) is 0.533. The molecule has 3 nitrogen and oxygen atoms in total. The van der Waals surface area contributed by atoms with E-state index in [1.807, 2.05) is 0 Å². The van der Waals surface area contributed by atoms with Crippen LogP contribution in [0.25, 0.3) is 0 Å².